The molecule has 0 saturated heterocycles. The Kier molecular flexibility index (Phi) is 12.0. The molecule has 0 amide bonds. The minimum atomic E-state index is -0.750. The first kappa shape index (κ1) is 16.7. The smallest absolute Gasteiger partial charge is 0.316 e. The Morgan fingerprint density at radius 3 is 2.29 bits per heavy atom. The lowest BCUT2D eigenvalue weighted by Gasteiger charge is -2.09. The standard InChI is InChI=1S/C11H22O5S/c1-3-10(11(12)13)17-9-8-16-7-6-15-5-4-14-2/h10H,3-9H2,1-2H3,(H,12,13). The zero-order valence-corrected chi connectivity index (χ0v) is 11.3. The van der Waals surface area contributed by atoms with E-state index in [0.717, 1.165) is 0 Å². The molecule has 0 heterocycles. The number of carboxylic acids is 1. The average molecular weight is 266 g/mol. The van der Waals surface area contributed by atoms with Crippen LogP contribution in [0.3, 0.4) is 0 Å². The molecular formula is C11H22O5S. The largest absolute Gasteiger partial charge is 0.480 e. The third-order valence-electron chi connectivity index (χ3n) is 2.00. The molecule has 0 aliphatic rings. The first-order valence-electron chi connectivity index (χ1n) is 5.71. The predicted molar refractivity (Wildman–Crippen MR) is 67.7 cm³/mol. The minimum Gasteiger partial charge on any atom is -0.480 e. The molecule has 0 saturated carbocycles. The van der Waals surface area contributed by atoms with Crippen LogP contribution in [0.2, 0.25) is 0 Å². The third-order valence-corrected chi connectivity index (χ3v) is 3.34. The van der Waals surface area contributed by atoms with Gasteiger partial charge in [-0.3, -0.25) is 4.79 Å². The van der Waals surface area contributed by atoms with Crippen LogP contribution < -0.4 is 0 Å². The van der Waals surface area contributed by atoms with Gasteiger partial charge in [0.1, 0.15) is 5.25 Å². The Morgan fingerprint density at radius 1 is 1.18 bits per heavy atom. The summed E-state index contributed by atoms with van der Waals surface area (Å²) < 4.78 is 15.3. The number of carbonyl (C=O) groups is 1. The fourth-order valence-corrected chi connectivity index (χ4v) is 1.95. The van der Waals surface area contributed by atoms with Gasteiger partial charge in [0.15, 0.2) is 0 Å². The molecule has 0 fully saturated rings. The molecule has 0 aromatic carbocycles. The Bertz CT molecular complexity index is 189. The van der Waals surface area contributed by atoms with Crippen LogP contribution in [0.5, 0.6) is 0 Å². The van der Waals surface area contributed by atoms with Crippen molar-refractivity contribution in [3.05, 3.63) is 0 Å². The topological polar surface area (TPSA) is 65.0 Å². The van der Waals surface area contributed by atoms with Gasteiger partial charge >= 0.3 is 5.97 Å². The van der Waals surface area contributed by atoms with Crippen molar-refractivity contribution in [1.29, 1.82) is 0 Å². The second kappa shape index (κ2) is 12.2. The maximum absolute atomic E-state index is 10.7. The molecule has 0 aromatic heterocycles. The number of hydrogen-bond acceptors (Lipinski definition) is 5. The summed E-state index contributed by atoms with van der Waals surface area (Å²) in [5, 5.41) is 8.48. The summed E-state index contributed by atoms with van der Waals surface area (Å²) in [6.45, 7) is 4.68. The molecule has 1 N–H and O–H groups in total. The number of methoxy groups -OCH3 is 1. The van der Waals surface area contributed by atoms with E-state index < -0.39 is 5.97 Å². The van der Waals surface area contributed by atoms with E-state index in [9.17, 15) is 4.79 Å². The number of thioether (sulfide) groups is 1. The summed E-state index contributed by atoms with van der Waals surface area (Å²) in [4.78, 5) is 10.7. The van der Waals surface area contributed by atoms with Gasteiger partial charge in [-0.2, -0.15) is 0 Å². The highest BCUT2D eigenvalue weighted by atomic mass is 32.2. The first-order valence-corrected chi connectivity index (χ1v) is 6.76. The molecular weight excluding hydrogens is 244 g/mol. The maximum Gasteiger partial charge on any atom is 0.316 e. The molecule has 1 unspecified atom stereocenters. The highest BCUT2D eigenvalue weighted by Crippen LogP contribution is 2.14. The van der Waals surface area contributed by atoms with Crippen LogP contribution >= 0.6 is 11.8 Å². The molecule has 5 nitrogen and oxygen atoms in total. The van der Waals surface area contributed by atoms with E-state index in [1.165, 1.54) is 11.8 Å². The quantitative estimate of drug-likeness (QED) is 0.537. The second-order valence-electron chi connectivity index (χ2n) is 3.32. The van der Waals surface area contributed by atoms with Crippen LogP contribution in [0.15, 0.2) is 0 Å². The average Bonchev–Trinajstić information content (AvgIpc) is 2.31. The normalized spacial score (nSPS) is 12.6. The van der Waals surface area contributed by atoms with Crippen LogP contribution in [0, 0.1) is 0 Å². The fourth-order valence-electron chi connectivity index (χ4n) is 1.08. The highest BCUT2D eigenvalue weighted by Gasteiger charge is 2.14. The van der Waals surface area contributed by atoms with E-state index in [1.54, 1.807) is 7.11 Å². The molecule has 0 rings (SSSR count). The molecule has 0 spiro atoms. The van der Waals surface area contributed by atoms with Crippen LogP contribution in [0.4, 0.5) is 0 Å². The predicted octanol–water partition coefficient (Wildman–Crippen LogP) is 1.26. The van der Waals surface area contributed by atoms with E-state index in [4.69, 9.17) is 19.3 Å². The van der Waals surface area contributed by atoms with E-state index in [0.29, 0.717) is 45.2 Å². The van der Waals surface area contributed by atoms with Crippen LogP contribution in [0.1, 0.15) is 13.3 Å². The van der Waals surface area contributed by atoms with Gasteiger partial charge in [-0.1, -0.05) is 6.92 Å². The van der Waals surface area contributed by atoms with Gasteiger partial charge in [-0.25, -0.2) is 0 Å². The number of hydrogen-bond donors (Lipinski definition) is 1. The van der Waals surface area contributed by atoms with E-state index in [2.05, 4.69) is 0 Å². The molecule has 0 aromatic rings. The summed E-state index contributed by atoms with van der Waals surface area (Å²) >= 11 is 1.42. The lowest BCUT2D eigenvalue weighted by molar-refractivity contribution is -0.136. The van der Waals surface area contributed by atoms with Crippen molar-refractivity contribution in [2.75, 3.05) is 45.9 Å². The Hall–Kier alpha value is -0.300. The monoisotopic (exact) mass is 266 g/mol. The zero-order valence-electron chi connectivity index (χ0n) is 10.5. The van der Waals surface area contributed by atoms with Crippen molar-refractivity contribution in [2.45, 2.75) is 18.6 Å². The summed E-state index contributed by atoms with van der Waals surface area (Å²) in [6, 6.07) is 0. The van der Waals surface area contributed by atoms with Gasteiger partial charge in [0.25, 0.3) is 0 Å². The van der Waals surface area contributed by atoms with Crippen LogP contribution in [-0.4, -0.2) is 62.2 Å². The zero-order chi connectivity index (χ0) is 12.9. The molecule has 17 heavy (non-hydrogen) atoms. The molecule has 6 heteroatoms. The molecule has 102 valence electrons. The summed E-state index contributed by atoms with van der Waals surface area (Å²) in [5.41, 5.74) is 0. The summed E-state index contributed by atoms with van der Waals surface area (Å²) in [5.74, 6) is -0.0523. The van der Waals surface area contributed by atoms with E-state index in [1.807, 2.05) is 6.92 Å². The van der Waals surface area contributed by atoms with E-state index >= 15 is 0 Å². The molecule has 0 bridgehead atoms. The summed E-state index contributed by atoms with van der Waals surface area (Å²) in [6.07, 6.45) is 0.639. The molecule has 0 radical (unpaired) electrons. The van der Waals surface area contributed by atoms with Gasteiger partial charge < -0.3 is 19.3 Å². The second-order valence-corrected chi connectivity index (χ2v) is 4.63. The Labute approximate surface area is 107 Å². The number of aliphatic carboxylic acids is 1. The highest BCUT2D eigenvalue weighted by molar-refractivity contribution is 8.00. The maximum atomic E-state index is 10.7. The van der Waals surface area contributed by atoms with Gasteiger partial charge in [0, 0.05) is 12.9 Å². The van der Waals surface area contributed by atoms with Crippen molar-refractivity contribution in [3.8, 4) is 0 Å². The Balaban J connectivity index is 3.20. The number of ether oxygens (including phenoxy) is 3. The molecule has 1 atom stereocenters. The van der Waals surface area contributed by atoms with Crippen molar-refractivity contribution in [3.63, 3.8) is 0 Å². The lowest BCUT2D eigenvalue weighted by atomic mass is 10.3. The molecule has 0 aliphatic heterocycles. The molecule has 0 aliphatic carbocycles. The van der Waals surface area contributed by atoms with Gasteiger partial charge in [-0.15, -0.1) is 11.8 Å². The number of rotatable bonds is 12. The lowest BCUT2D eigenvalue weighted by Crippen LogP contribution is -2.17. The van der Waals surface area contributed by atoms with Crippen LogP contribution in [-0.2, 0) is 19.0 Å². The van der Waals surface area contributed by atoms with Gasteiger partial charge in [0.05, 0.1) is 33.0 Å². The van der Waals surface area contributed by atoms with Crippen molar-refractivity contribution < 1.29 is 24.1 Å². The third kappa shape index (κ3) is 10.6. The van der Waals surface area contributed by atoms with Crippen LogP contribution in [0.25, 0.3) is 0 Å². The first-order chi connectivity index (χ1) is 8.22. The van der Waals surface area contributed by atoms with Crippen molar-refractivity contribution in [2.24, 2.45) is 0 Å². The minimum absolute atomic E-state index is 0.323. The summed E-state index contributed by atoms with van der Waals surface area (Å²) in [7, 11) is 1.63. The SMILES string of the molecule is CCC(SCCOCCOCCOC)C(=O)O. The fraction of sp³-hybridized carbons (Fsp3) is 0.909. The van der Waals surface area contributed by atoms with Gasteiger partial charge in [0.2, 0.25) is 0 Å². The van der Waals surface area contributed by atoms with Crippen molar-refractivity contribution >= 4 is 17.7 Å². The van der Waals surface area contributed by atoms with E-state index in [-0.39, 0.29) is 5.25 Å². The number of carboxylic acid groups (broad SMARTS) is 1. The Morgan fingerprint density at radius 2 is 1.76 bits per heavy atom. The van der Waals surface area contributed by atoms with Crippen molar-refractivity contribution in [1.82, 2.24) is 0 Å². The van der Waals surface area contributed by atoms with Gasteiger partial charge in [-0.05, 0) is 6.42 Å².